The summed E-state index contributed by atoms with van der Waals surface area (Å²) in [5.41, 5.74) is 0.516. The van der Waals surface area contributed by atoms with Gasteiger partial charge < -0.3 is 9.47 Å². The van der Waals surface area contributed by atoms with Crippen LogP contribution in [0.25, 0.3) is 6.08 Å². The van der Waals surface area contributed by atoms with Crippen LogP contribution in [0.5, 0.6) is 11.5 Å². The third-order valence-corrected chi connectivity index (χ3v) is 3.68. The molecule has 0 spiro atoms. The molecule has 24 heavy (non-hydrogen) atoms. The summed E-state index contributed by atoms with van der Waals surface area (Å²) in [6, 6.07) is 3.34. The summed E-state index contributed by atoms with van der Waals surface area (Å²) in [6.45, 7) is 2.32. The van der Waals surface area contributed by atoms with Gasteiger partial charge in [-0.05, 0) is 58.8 Å². The van der Waals surface area contributed by atoms with Crippen molar-refractivity contribution < 1.29 is 19.1 Å². The van der Waals surface area contributed by atoms with Crippen molar-refractivity contribution in [1.82, 2.24) is 10.6 Å². The molecule has 1 aliphatic heterocycles. The molecular weight excluding hydrogens is 396 g/mol. The molecule has 1 saturated heterocycles. The third kappa shape index (κ3) is 4.13. The van der Waals surface area contributed by atoms with E-state index in [-0.39, 0.29) is 17.3 Å². The minimum atomic E-state index is -0.564. The second-order valence-electron chi connectivity index (χ2n) is 4.55. The number of carbonyl (C=O) groups excluding carboxylic acids is 2. The Hall–Kier alpha value is -2.37. The van der Waals surface area contributed by atoms with Crippen molar-refractivity contribution in [2.75, 3.05) is 13.2 Å². The molecule has 1 aliphatic rings. The van der Waals surface area contributed by atoms with E-state index in [0.717, 1.165) is 0 Å². The highest BCUT2D eigenvalue weighted by Crippen LogP contribution is 2.37. The Labute approximate surface area is 152 Å². The van der Waals surface area contributed by atoms with Gasteiger partial charge in [-0.2, -0.15) is 0 Å². The number of rotatable bonds is 5. The molecule has 1 fully saturated rings. The molecule has 8 heteroatoms. The van der Waals surface area contributed by atoms with E-state index in [0.29, 0.717) is 28.1 Å². The topological polar surface area (TPSA) is 76.7 Å². The van der Waals surface area contributed by atoms with E-state index in [9.17, 15) is 9.59 Å². The van der Waals surface area contributed by atoms with Crippen LogP contribution in [0, 0.1) is 12.3 Å². The van der Waals surface area contributed by atoms with Crippen LogP contribution in [0.4, 0.5) is 0 Å². The fourth-order valence-corrected chi connectivity index (χ4v) is 2.72. The molecule has 2 amide bonds. The van der Waals surface area contributed by atoms with Gasteiger partial charge in [0.25, 0.3) is 11.8 Å². The zero-order chi connectivity index (χ0) is 17.7. The lowest BCUT2D eigenvalue weighted by Crippen LogP contribution is -2.51. The summed E-state index contributed by atoms with van der Waals surface area (Å²) in [7, 11) is 0. The maximum absolute atomic E-state index is 11.9. The van der Waals surface area contributed by atoms with Crippen LogP contribution in [0.2, 0.25) is 0 Å². The SMILES string of the molecule is C#CCOc1c(Br)cc(C=C2C(=O)NC(=S)NC2=O)cc1OCC. The Kier molecular flexibility index (Phi) is 5.95. The van der Waals surface area contributed by atoms with E-state index in [4.69, 9.17) is 28.1 Å². The number of ether oxygens (including phenoxy) is 2. The Bertz CT molecular complexity index is 761. The van der Waals surface area contributed by atoms with E-state index in [1.54, 1.807) is 12.1 Å². The highest BCUT2D eigenvalue weighted by atomic mass is 79.9. The zero-order valence-corrected chi connectivity index (χ0v) is 15.0. The molecule has 0 unspecified atom stereocenters. The summed E-state index contributed by atoms with van der Waals surface area (Å²) >= 11 is 8.14. The molecule has 0 aliphatic carbocycles. The third-order valence-electron chi connectivity index (χ3n) is 2.89. The predicted octanol–water partition coefficient (Wildman–Crippen LogP) is 1.77. The van der Waals surface area contributed by atoms with E-state index in [1.165, 1.54) is 6.08 Å². The maximum atomic E-state index is 11.9. The van der Waals surface area contributed by atoms with Crippen molar-refractivity contribution in [3.8, 4) is 23.8 Å². The summed E-state index contributed by atoms with van der Waals surface area (Å²) in [5.74, 6) is 2.15. The van der Waals surface area contributed by atoms with Gasteiger partial charge in [-0.25, -0.2) is 0 Å². The number of hydrogen-bond donors (Lipinski definition) is 2. The Morgan fingerprint density at radius 3 is 2.54 bits per heavy atom. The highest BCUT2D eigenvalue weighted by molar-refractivity contribution is 9.10. The summed E-state index contributed by atoms with van der Waals surface area (Å²) in [4.78, 5) is 23.8. The van der Waals surface area contributed by atoms with E-state index < -0.39 is 11.8 Å². The number of halogens is 1. The summed E-state index contributed by atoms with van der Waals surface area (Å²) < 4.78 is 11.6. The van der Waals surface area contributed by atoms with Crippen LogP contribution in [-0.4, -0.2) is 30.1 Å². The first kappa shape index (κ1) is 18.0. The summed E-state index contributed by atoms with van der Waals surface area (Å²) in [6.07, 6.45) is 6.64. The van der Waals surface area contributed by atoms with Crippen LogP contribution in [0.15, 0.2) is 22.2 Å². The zero-order valence-electron chi connectivity index (χ0n) is 12.6. The Balaban J connectivity index is 2.42. The molecule has 0 atom stereocenters. The van der Waals surface area contributed by atoms with Crippen LogP contribution in [0.3, 0.4) is 0 Å². The molecule has 1 heterocycles. The number of amides is 2. The van der Waals surface area contributed by atoms with Crippen LogP contribution in [-0.2, 0) is 9.59 Å². The van der Waals surface area contributed by atoms with E-state index >= 15 is 0 Å². The Morgan fingerprint density at radius 1 is 1.29 bits per heavy atom. The second-order valence-corrected chi connectivity index (χ2v) is 5.81. The van der Waals surface area contributed by atoms with Crippen LogP contribution >= 0.6 is 28.1 Å². The molecule has 0 radical (unpaired) electrons. The van der Waals surface area contributed by atoms with Gasteiger partial charge >= 0.3 is 0 Å². The fraction of sp³-hybridized carbons (Fsp3) is 0.188. The van der Waals surface area contributed by atoms with Gasteiger partial charge in [0.1, 0.15) is 12.2 Å². The average molecular weight is 409 g/mol. The number of terminal acetylenes is 1. The molecule has 2 N–H and O–H groups in total. The molecule has 0 aromatic heterocycles. The molecule has 6 nitrogen and oxygen atoms in total. The van der Waals surface area contributed by atoms with Gasteiger partial charge in [0.05, 0.1) is 11.1 Å². The highest BCUT2D eigenvalue weighted by Gasteiger charge is 2.26. The van der Waals surface area contributed by atoms with Gasteiger partial charge in [-0.15, -0.1) is 6.42 Å². The number of hydrogen-bond acceptors (Lipinski definition) is 5. The average Bonchev–Trinajstić information content (AvgIpc) is 2.50. The van der Waals surface area contributed by atoms with Crippen LogP contribution in [0.1, 0.15) is 12.5 Å². The van der Waals surface area contributed by atoms with Crippen molar-refractivity contribution in [3.05, 3.63) is 27.7 Å². The molecule has 1 aromatic rings. The predicted molar refractivity (Wildman–Crippen MR) is 96.5 cm³/mol. The maximum Gasteiger partial charge on any atom is 0.263 e. The van der Waals surface area contributed by atoms with Crippen LogP contribution < -0.4 is 20.1 Å². The normalized spacial score (nSPS) is 13.7. The minimum absolute atomic E-state index is 0.0173. The smallest absolute Gasteiger partial charge is 0.263 e. The van der Waals surface area contributed by atoms with Crippen molar-refractivity contribution in [1.29, 1.82) is 0 Å². The van der Waals surface area contributed by atoms with Crippen molar-refractivity contribution >= 4 is 51.2 Å². The second kappa shape index (κ2) is 7.95. The van der Waals surface area contributed by atoms with Gasteiger partial charge in [0.15, 0.2) is 16.6 Å². The van der Waals surface area contributed by atoms with Gasteiger partial charge in [0, 0.05) is 0 Å². The first-order chi connectivity index (χ1) is 11.5. The minimum Gasteiger partial charge on any atom is -0.490 e. The Morgan fingerprint density at radius 2 is 1.96 bits per heavy atom. The number of carbonyl (C=O) groups is 2. The van der Waals surface area contributed by atoms with Crippen molar-refractivity contribution in [2.45, 2.75) is 6.92 Å². The number of benzene rings is 1. The lowest BCUT2D eigenvalue weighted by Gasteiger charge is -2.17. The molecule has 0 bridgehead atoms. The van der Waals surface area contributed by atoms with Crippen molar-refractivity contribution in [3.63, 3.8) is 0 Å². The van der Waals surface area contributed by atoms with Gasteiger partial charge in [-0.1, -0.05) is 5.92 Å². The monoisotopic (exact) mass is 408 g/mol. The first-order valence-corrected chi connectivity index (χ1v) is 8.07. The number of nitrogens with one attached hydrogen (secondary N) is 2. The van der Waals surface area contributed by atoms with Crippen molar-refractivity contribution in [2.24, 2.45) is 0 Å². The standard InChI is InChI=1S/C16H13BrN2O4S/c1-3-5-23-13-11(17)7-9(8-12(13)22-4-2)6-10-14(20)18-16(24)19-15(10)21/h1,6-8H,4-5H2,2H3,(H2,18,19,20,21,24). The quantitative estimate of drug-likeness (QED) is 0.336. The van der Waals surface area contributed by atoms with E-state index in [1.807, 2.05) is 6.92 Å². The van der Waals surface area contributed by atoms with Gasteiger partial charge in [-0.3, -0.25) is 20.2 Å². The molecular formula is C16H13BrN2O4S. The lowest BCUT2D eigenvalue weighted by atomic mass is 10.1. The molecule has 0 saturated carbocycles. The fourth-order valence-electron chi connectivity index (χ4n) is 1.96. The largest absolute Gasteiger partial charge is 0.490 e. The van der Waals surface area contributed by atoms with E-state index in [2.05, 4.69) is 32.5 Å². The molecule has 1 aromatic carbocycles. The molecule has 2 rings (SSSR count). The first-order valence-electron chi connectivity index (χ1n) is 6.87. The van der Waals surface area contributed by atoms with Gasteiger partial charge in [0.2, 0.25) is 0 Å². The summed E-state index contributed by atoms with van der Waals surface area (Å²) in [5, 5.41) is 4.74. The lowest BCUT2D eigenvalue weighted by molar-refractivity contribution is -0.123. The number of thiocarbonyl (C=S) groups is 1. The molecule has 124 valence electrons.